The minimum Gasteiger partial charge on any atom is -0.378 e. The van der Waals surface area contributed by atoms with Crippen molar-refractivity contribution < 1.29 is 4.79 Å². The number of anilines is 1. The first kappa shape index (κ1) is 23.5. The molecular formula is C18H32IN5O. The maximum absolute atomic E-state index is 11.6. The molecule has 0 radical (unpaired) electrons. The molecule has 25 heavy (non-hydrogen) atoms. The van der Waals surface area contributed by atoms with Crippen LogP contribution >= 0.6 is 24.0 Å². The topological polar surface area (TPSA) is 60.0 Å². The Morgan fingerprint density at radius 1 is 1.08 bits per heavy atom. The summed E-state index contributed by atoms with van der Waals surface area (Å²) in [6.45, 7) is 3.76. The fourth-order valence-corrected chi connectivity index (χ4v) is 2.09. The zero-order valence-corrected chi connectivity index (χ0v) is 18.3. The standard InChI is InChI=1S/C18H31N5O.HI/c1-6-19-18(21-14-17(24)23(4)5)20-13-7-8-15-9-11-16(12-10-15)22(2)3;/h9-12H,6-8,13-14H2,1-5H3,(H2,19,20,21);1H. The first-order valence-electron chi connectivity index (χ1n) is 8.42. The third-order valence-corrected chi connectivity index (χ3v) is 3.60. The number of halogens is 1. The molecule has 2 N–H and O–H groups in total. The molecule has 0 saturated heterocycles. The number of rotatable bonds is 8. The number of hydrogen-bond donors (Lipinski definition) is 2. The highest BCUT2D eigenvalue weighted by molar-refractivity contribution is 14.0. The van der Waals surface area contributed by atoms with Crippen LogP contribution in [0.15, 0.2) is 29.3 Å². The number of nitrogens with one attached hydrogen (secondary N) is 2. The van der Waals surface area contributed by atoms with Gasteiger partial charge >= 0.3 is 0 Å². The Labute approximate surface area is 169 Å². The predicted octanol–water partition coefficient (Wildman–Crippen LogP) is 1.95. The third kappa shape index (κ3) is 9.52. The molecule has 0 aromatic heterocycles. The second-order valence-electron chi connectivity index (χ2n) is 6.07. The van der Waals surface area contributed by atoms with Crippen molar-refractivity contribution in [1.82, 2.24) is 15.5 Å². The van der Waals surface area contributed by atoms with E-state index in [9.17, 15) is 4.79 Å². The van der Waals surface area contributed by atoms with Gasteiger partial charge in [0.25, 0.3) is 0 Å². The molecule has 0 aliphatic heterocycles. The smallest absolute Gasteiger partial charge is 0.243 e. The second-order valence-corrected chi connectivity index (χ2v) is 6.07. The largest absolute Gasteiger partial charge is 0.378 e. The third-order valence-electron chi connectivity index (χ3n) is 3.60. The number of guanidine groups is 1. The van der Waals surface area contributed by atoms with Crippen molar-refractivity contribution in [3.63, 3.8) is 0 Å². The highest BCUT2D eigenvalue weighted by atomic mass is 127. The van der Waals surface area contributed by atoms with Gasteiger partial charge in [-0.2, -0.15) is 0 Å². The number of likely N-dealkylation sites (N-methyl/N-ethyl adjacent to an activating group) is 1. The van der Waals surface area contributed by atoms with Crippen molar-refractivity contribution in [1.29, 1.82) is 0 Å². The van der Waals surface area contributed by atoms with Gasteiger partial charge in [0, 0.05) is 47.0 Å². The molecule has 0 heterocycles. The number of amides is 1. The van der Waals surface area contributed by atoms with E-state index in [-0.39, 0.29) is 36.4 Å². The lowest BCUT2D eigenvalue weighted by molar-refractivity contribution is -0.127. The van der Waals surface area contributed by atoms with E-state index in [0.29, 0.717) is 5.96 Å². The molecule has 6 nitrogen and oxygen atoms in total. The van der Waals surface area contributed by atoms with Crippen LogP contribution in [0.25, 0.3) is 0 Å². The van der Waals surface area contributed by atoms with Gasteiger partial charge in [0.05, 0.1) is 0 Å². The maximum atomic E-state index is 11.6. The van der Waals surface area contributed by atoms with Gasteiger partial charge in [0.2, 0.25) is 5.91 Å². The Hall–Kier alpha value is -1.51. The van der Waals surface area contributed by atoms with Gasteiger partial charge in [-0.1, -0.05) is 12.1 Å². The molecule has 0 aliphatic rings. The number of nitrogens with zero attached hydrogens (tertiary/aromatic N) is 3. The van der Waals surface area contributed by atoms with E-state index < -0.39 is 0 Å². The van der Waals surface area contributed by atoms with Gasteiger partial charge in [-0.05, 0) is 37.5 Å². The van der Waals surface area contributed by atoms with Gasteiger partial charge in [0.15, 0.2) is 5.96 Å². The summed E-state index contributed by atoms with van der Waals surface area (Å²) in [4.78, 5) is 19.6. The molecule has 1 aromatic carbocycles. The van der Waals surface area contributed by atoms with Crippen molar-refractivity contribution >= 4 is 41.5 Å². The van der Waals surface area contributed by atoms with Crippen LogP contribution in [0, 0.1) is 0 Å². The van der Waals surface area contributed by atoms with E-state index >= 15 is 0 Å². The fraction of sp³-hybridized carbons (Fsp3) is 0.556. The molecule has 0 unspecified atom stereocenters. The van der Waals surface area contributed by atoms with E-state index in [1.54, 1.807) is 19.0 Å². The molecule has 1 rings (SSSR count). The number of aliphatic imine (C=N–C) groups is 1. The zero-order chi connectivity index (χ0) is 17.9. The Morgan fingerprint density at radius 2 is 1.72 bits per heavy atom. The normalized spacial score (nSPS) is 10.7. The number of carbonyl (C=O) groups excluding carboxylic acids is 1. The highest BCUT2D eigenvalue weighted by Crippen LogP contribution is 2.13. The van der Waals surface area contributed by atoms with Gasteiger partial charge in [-0.15, -0.1) is 24.0 Å². The van der Waals surface area contributed by atoms with Crippen LogP contribution in [0.4, 0.5) is 5.69 Å². The average molecular weight is 461 g/mol. The first-order valence-corrected chi connectivity index (χ1v) is 8.42. The minimum absolute atomic E-state index is 0. The lowest BCUT2D eigenvalue weighted by atomic mass is 10.1. The van der Waals surface area contributed by atoms with Gasteiger partial charge in [-0.3, -0.25) is 4.79 Å². The summed E-state index contributed by atoms with van der Waals surface area (Å²) in [6, 6.07) is 8.62. The molecule has 0 aliphatic carbocycles. The quantitative estimate of drug-likeness (QED) is 0.269. The molecule has 0 fully saturated rings. The van der Waals surface area contributed by atoms with E-state index in [4.69, 9.17) is 0 Å². The summed E-state index contributed by atoms with van der Waals surface area (Å²) in [5, 5.41) is 6.43. The Morgan fingerprint density at radius 3 is 2.24 bits per heavy atom. The molecule has 0 saturated carbocycles. The molecule has 1 amide bonds. The molecule has 0 bridgehead atoms. The fourth-order valence-electron chi connectivity index (χ4n) is 2.09. The van der Waals surface area contributed by atoms with Crippen molar-refractivity contribution in [2.75, 3.05) is 52.7 Å². The van der Waals surface area contributed by atoms with Gasteiger partial charge in [0.1, 0.15) is 6.54 Å². The summed E-state index contributed by atoms with van der Waals surface area (Å²) in [5.74, 6) is 0.684. The summed E-state index contributed by atoms with van der Waals surface area (Å²) in [5.41, 5.74) is 2.54. The van der Waals surface area contributed by atoms with E-state index in [2.05, 4.69) is 44.8 Å². The van der Waals surface area contributed by atoms with Crippen molar-refractivity contribution in [3.05, 3.63) is 29.8 Å². The van der Waals surface area contributed by atoms with Crippen LogP contribution in [0.2, 0.25) is 0 Å². The molecule has 142 valence electrons. The molecule has 0 spiro atoms. The number of carbonyl (C=O) groups is 1. The number of aryl methyl sites for hydroxylation is 1. The maximum Gasteiger partial charge on any atom is 0.243 e. The summed E-state index contributed by atoms with van der Waals surface area (Å²) in [7, 11) is 7.56. The Balaban J connectivity index is 0.00000576. The van der Waals surface area contributed by atoms with Crippen LogP contribution in [0.3, 0.4) is 0 Å². The monoisotopic (exact) mass is 461 g/mol. The predicted molar refractivity (Wildman–Crippen MR) is 117 cm³/mol. The van der Waals surface area contributed by atoms with Crippen molar-refractivity contribution in [2.24, 2.45) is 4.99 Å². The number of benzene rings is 1. The zero-order valence-electron chi connectivity index (χ0n) is 16.0. The lowest BCUT2D eigenvalue weighted by Gasteiger charge is -2.14. The van der Waals surface area contributed by atoms with E-state index in [1.807, 2.05) is 21.0 Å². The second kappa shape index (κ2) is 12.8. The van der Waals surface area contributed by atoms with Crippen LogP contribution in [0.5, 0.6) is 0 Å². The van der Waals surface area contributed by atoms with E-state index in [0.717, 1.165) is 25.9 Å². The van der Waals surface area contributed by atoms with Crippen LogP contribution in [-0.2, 0) is 11.2 Å². The highest BCUT2D eigenvalue weighted by Gasteiger charge is 2.04. The average Bonchev–Trinajstić information content (AvgIpc) is 2.56. The van der Waals surface area contributed by atoms with Crippen molar-refractivity contribution in [3.8, 4) is 0 Å². The minimum atomic E-state index is -0.00631. The number of hydrogen-bond acceptors (Lipinski definition) is 3. The SMILES string of the molecule is CCNC(=NCC(=O)N(C)C)NCCCc1ccc(N(C)C)cc1.I. The Kier molecular flexibility index (Phi) is 12.0. The molecule has 7 heteroatoms. The summed E-state index contributed by atoms with van der Waals surface area (Å²) >= 11 is 0. The van der Waals surface area contributed by atoms with E-state index in [1.165, 1.54) is 11.3 Å². The molecule has 1 aromatic rings. The van der Waals surface area contributed by atoms with Gasteiger partial charge in [-0.25, -0.2) is 4.99 Å². The first-order chi connectivity index (χ1) is 11.4. The van der Waals surface area contributed by atoms with Gasteiger partial charge < -0.3 is 20.4 Å². The van der Waals surface area contributed by atoms with Crippen molar-refractivity contribution in [2.45, 2.75) is 19.8 Å². The van der Waals surface area contributed by atoms with Crippen LogP contribution in [0.1, 0.15) is 18.9 Å². The molecular weight excluding hydrogens is 429 g/mol. The van der Waals surface area contributed by atoms with Crippen LogP contribution < -0.4 is 15.5 Å². The Bertz CT molecular complexity index is 529. The van der Waals surface area contributed by atoms with Crippen LogP contribution in [-0.4, -0.2) is 64.6 Å². The lowest BCUT2D eigenvalue weighted by Crippen LogP contribution is -2.39. The summed E-state index contributed by atoms with van der Waals surface area (Å²) < 4.78 is 0. The molecule has 0 atom stereocenters. The summed E-state index contributed by atoms with van der Waals surface area (Å²) in [6.07, 6.45) is 2.02.